The van der Waals surface area contributed by atoms with Crippen molar-refractivity contribution < 1.29 is 4.74 Å². The topological polar surface area (TPSA) is 40.6 Å². The number of pyridine rings is 1. The fraction of sp³-hybridized carbons (Fsp3) is 0.571. The van der Waals surface area contributed by atoms with Crippen LogP contribution in [0.15, 0.2) is 24.4 Å². The van der Waals surface area contributed by atoms with Crippen molar-refractivity contribution in [2.45, 2.75) is 6.54 Å². The van der Waals surface area contributed by atoms with Crippen LogP contribution in [0.25, 0.3) is 0 Å². The second kappa shape index (κ2) is 8.14. The van der Waals surface area contributed by atoms with Crippen molar-refractivity contribution in [1.82, 2.24) is 20.1 Å². The Labute approximate surface area is 125 Å². The van der Waals surface area contributed by atoms with Crippen LogP contribution in [0.4, 0.5) is 0 Å². The van der Waals surface area contributed by atoms with Crippen molar-refractivity contribution in [3.8, 4) is 0 Å². The van der Waals surface area contributed by atoms with Crippen molar-refractivity contribution in [3.63, 3.8) is 0 Å². The van der Waals surface area contributed by atoms with Gasteiger partial charge in [-0.3, -0.25) is 9.88 Å². The summed E-state index contributed by atoms with van der Waals surface area (Å²) in [5.41, 5.74) is 1.13. The van der Waals surface area contributed by atoms with Crippen molar-refractivity contribution in [2.24, 2.45) is 0 Å². The van der Waals surface area contributed by atoms with E-state index in [1.807, 2.05) is 18.3 Å². The molecule has 2 rings (SSSR count). The minimum Gasteiger partial charge on any atom is -0.383 e. The fourth-order valence-corrected chi connectivity index (χ4v) is 2.49. The van der Waals surface area contributed by atoms with Gasteiger partial charge < -0.3 is 15.0 Å². The zero-order valence-corrected chi connectivity index (χ0v) is 12.7. The summed E-state index contributed by atoms with van der Waals surface area (Å²) in [6, 6.07) is 6.06. The number of aromatic nitrogens is 1. The first kappa shape index (κ1) is 15.2. The third-order valence-electron chi connectivity index (χ3n) is 3.35. The third-order valence-corrected chi connectivity index (χ3v) is 3.76. The Kier molecular flexibility index (Phi) is 6.17. The number of hydrogen-bond donors (Lipinski definition) is 1. The predicted molar refractivity (Wildman–Crippen MR) is 83.6 cm³/mol. The lowest BCUT2D eigenvalue weighted by molar-refractivity contribution is 0.170. The number of ether oxygens (including phenoxy) is 1. The molecule has 5 nitrogen and oxygen atoms in total. The lowest BCUT2D eigenvalue weighted by Crippen LogP contribution is -2.51. The van der Waals surface area contributed by atoms with Crippen LogP contribution in [0, 0.1) is 0 Å². The average Bonchev–Trinajstić information content (AvgIpc) is 2.49. The quantitative estimate of drug-likeness (QED) is 0.637. The van der Waals surface area contributed by atoms with E-state index in [2.05, 4.69) is 26.2 Å². The Bertz CT molecular complexity index is 407. The van der Waals surface area contributed by atoms with Gasteiger partial charge in [0.15, 0.2) is 5.11 Å². The van der Waals surface area contributed by atoms with Gasteiger partial charge in [-0.25, -0.2) is 0 Å². The molecule has 1 aliphatic heterocycles. The van der Waals surface area contributed by atoms with Crippen LogP contribution in [-0.2, 0) is 11.3 Å². The van der Waals surface area contributed by atoms with Gasteiger partial charge in [0, 0.05) is 52.6 Å². The molecule has 1 aliphatic rings. The molecule has 20 heavy (non-hydrogen) atoms. The van der Waals surface area contributed by atoms with Gasteiger partial charge in [-0.15, -0.1) is 0 Å². The minimum absolute atomic E-state index is 0.680. The highest BCUT2D eigenvalue weighted by molar-refractivity contribution is 7.80. The predicted octanol–water partition coefficient (Wildman–Crippen LogP) is 0.720. The number of thiocarbonyl (C=S) groups is 1. The Morgan fingerprint density at radius 1 is 1.35 bits per heavy atom. The third kappa shape index (κ3) is 4.70. The summed E-state index contributed by atoms with van der Waals surface area (Å²) in [5.74, 6) is 0. The molecular formula is C14H22N4OS. The van der Waals surface area contributed by atoms with Crippen LogP contribution >= 0.6 is 12.2 Å². The van der Waals surface area contributed by atoms with Crippen LogP contribution in [0.2, 0.25) is 0 Å². The maximum Gasteiger partial charge on any atom is 0.169 e. The summed E-state index contributed by atoms with van der Waals surface area (Å²) >= 11 is 5.38. The molecule has 0 atom stereocenters. The molecule has 1 aromatic heterocycles. The molecule has 0 unspecified atom stereocenters. The summed E-state index contributed by atoms with van der Waals surface area (Å²) in [7, 11) is 1.70. The van der Waals surface area contributed by atoms with Gasteiger partial charge in [0.05, 0.1) is 12.3 Å². The molecule has 110 valence electrons. The van der Waals surface area contributed by atoms with E-state index in [9.17, 15) is 0 Å². The summed E-state index contributed by atoms with van der Waals surface area (Å²) in [4.78, 5) is 9.01. The number of nitrogens with one attached hydrogen (secondary N) is 1. The molecule has 0 aliphatic carbocycles. The van der Waals surface area contributed by atoms with E-state index in [4.69, 9.17) is 17.0 Å². The van der Waals surface area contributed by atoms with Gasteiger partial charge in [-0.2, -0.15) is 0 Å². The number of piperazine rings is 1. The van der Waals surface area contributed by atoms with E-state index in [0.717, 1.165) is 50.1 Å². The van der Waals surface area contributed by atoms with Gasteiger partial charge >= 0.3 is 0 Å². The lowest BCUT2D eigenvalue weighted by Gasteiger charge is -2.36. The van der Waals surface area contributed by atoms with Crippen molar-refractivity contribution in [3.05, 3.63) is 30.1 Å². The highest BCUT2D eigenvalue weighted by atomic mass is 32.1. The van der Waals surface area contributed by atoms with Gasteiger partial charge in [0.2, 0.25) is 0 Å². The molecule has 0 amide bonds. The first-order valence-corrected chi connectivity index (χ1v) is 7.34. The molecule has 2 heterocycles. The van der Waals surface area contributed by atoms with Crippen LogP contribution in [0.3, 0.4) is 0 Å². The smallest absolute Gasteiger partial charge is 0.169 e. The van der Waals surface area contributed by atoms with Crippen LogP contribution in [0.5, 0.6) is 0 Å². The minimum atomic E-state index is 0.680. The summed E-state index contributed by atoms with van der Waals surface area (Å²) < 4.78 is 5.01. The summed E-state index contributed by atoms with van der Waals surface area (Å²) in [6.07, 6.45) is 1.85. The molecular weight excluding hydrogens is 272 g/mol. The number of methoxy groups -OCH3 is 1. The Morgan fingerprint density at radius 3 is 2.80 bits per heavy atom. The standard InChI is InChI=1S/C14H22N4OS/c1-19-11-6-16-14(20)18-9-7-17(8-10-18)12-13-4-2-3-5-15-13/h2-5H,6-12H2,1H3,(H,16,20). The lowest BCUT2D eigenvalue weighted by atomic mass is 10.3. The highest BCUT2D eigenvalue weighted by Crippen LogP contribution is 2.06. The van der Waals surface area contributed by atoms with Gasteiger partial charge in [-0.1, -0.05) is 6.07 Å². The van der Waals surface area contributed by atoms with E-state index in [1.54, 1.807) is 7.11 Å². The molecule has 1 N–H and O–H groups in total. The molecule has 0 aromatic carbocycles. The Hall–Kier alpha value is -1.24. The maximum absolute atomic E-state index is 5.38. The molecule has 0 radical (unpaired) electrons. The van der Waals surface area contributed by atoms with Crippen LogP contribution in [0.1, 0.15) is 5.69 Å². The Balaban J connectivity index is 1.71. The normalized spacial score (nSPS) is 16.1. The molecule has 6 heteroatoms. The van der Waals surface area contributed by atoms with Crippen molar-refractivity contribution in [1.29, 1.82) is 0 Å². The SMILES string of the molecule is COCCNC(=S)N1CCN(Cc2ccccn2)CC1. The van der Waals surface area contributed by atoms with E-state index in [-0.39, 0.29) is 0 Å². The second-order valence-corrected chi connectivity index (χ2v) is 5.20. The van der Waals surface area contributed by atoms with Crippen LogP contribution in [-0.4, -0.2) is 66.3 Å². The molecule has 1 fully saturated rings. The van der Waals surface area contributed by atoms with Crippen LogP contribution < -0.4 is 5.32 Å². The zero-order chi connectivity index (χ0) is 14.2. The van der Waals surface area contributed by atoms with Gasteiger partial charge in [0.25, 0.3) is 0 Å². The van der Waals surface area contributed by atoms with E-state index < -0.39 is 0 Å². The van der Waals surface area contributed by atoms with Crippen molar-refractivity contribution >= 4 is 17.3 Å². The fourth-order valence-electron chi connectivity index (χ4n) is 2.20. The molecule has 0 bridgehead atoms. The largest absolute Gasteiger partial charge is 0.383 e. The van der Waals surface area contributed by atoms with Gasteiger partial charge in [-0.05, 0) is 24.4 Å². The van der Waals surface area contributed by atoms with E-state index in [0.29, 0.717) is 6.61 Å². The zero-order valence-electron chi connectivity index (χ0n) is 11.9. The molecule has 1 saturated heterocycles. The second-order valence-electron chi connectivity index (χ2n) is 4.81. The maximum atomic E-state index is 5.38. The first-order chi connectivity index (χ1) is 9.79. The molecule has 0 spiro atoms. The molecule has 1 aromatic rings. The summed E-state index contributed by atoms with van der Waals surface area (Å²) in [5, 5.41) is 4.05. The van der Waals surface area contributed by atoms with Crippen molar-refractivity contribution in [2.75, 3.05) is 46.4 Å². The highest BCUT2D eigenvalue weighted by Gasteiger charge is 2.18. The Morgan fingerprint density at radius 2 is 2.15 bits per heavy atom. The summed E-state index contributed by atoms with van der Waals surface area (Å²) in [6.45, 7) is 6.32. The monoisotopic (exact) mass is 294 g/mol. The average molecular weight is 294 g/mol. The van der Waals surface area contributed by atoms with E-state index in [1.165, 1.54) is 0 Å². The van der Waals surface area contributed by atoms with Gasteiger partial charge in [0.1, 0.15) is 0 Å². The van der Waals surface area contributed by atoms with E-state index >= 15 is 0 Å². The molecule has 0 saturated carbocycles. The number of rotatable bonds is 5. The first-order valence-electron chi connectivity index (χ1n) is 6.93. The number of hydrogen-bond acceptors (Lipinski definition) is 4. The number of nitrogens with zero attached hydrogens (tertiary/aromatic N) is 3.